The molecule has 0 aliphatic heterocycles. The molecular weight excluding hydrogens is 204 g/mol. The number of hydrogen-bond acceptors (Lipinski definition) is 3. The van der Waals surface area contributed by atoms with Crippen LogP contribution in [0.15, 0.2) is 18.2 Å². The van der Waals surface area contributed by atoms with E-state index in [1.165, 1.54) is 12.7 Å². The minimum Gasteiger partial charge on any atom is -0.490 e. The second-order valence-corrected chi connectivity index (χ2v) is 3.98. The molecular formula is C13H18O3. The second-order valence-electron chi connectivity index (χ2n) is 3.98. The minimum absolute atomic E-state index is 0.172. The fourth-order valence-corrected chi connectivity index (χ4v) is 1.51. The van der Waals surface area contributed by atoms with E-state index in [0.29, 0.717) is 0 Å². The van der Waals surface area contributed by atoms with Crippen LogP contribution >= 0.6 is 0 Å². The van der Waals surface area contributed by atoms with E-state index in [1.54, 1.807) is 0 Å². The van der Waals surface area contributed by atoms with Gasteiger partial charge in [-0.3, -0.25) is 4.79 Å². The van der Waals surface area contributed by atoms with Crippen molar-refractivity contribution >= 4 is 5.97 Å². The molecule has 0 radical (unpaired) electrons. The lowest BCUT2D eigenvalue weighted by atomic mass is 10.1. The Kier molecular flexibility index (Phi) is 4.35. The molecule has 1 aromatic carbocycles. The standard InChI is InChI=1S/C13H18O3/c1-9-5-6-12(10(2)7-9)16-11(3)8-13(14)15-4/h5-7,11H,8H2,1-4H3. The van der Waals surface area contributed by atoms with E-state index in [2.05, 4.69) is 10.8 Å². The average molecular weight is 222 g/mol. The topological polar surface area (TPSA) is 35.5 Å². The predicted octanol–water partition coefficient (Wildman–Crippen LogP) is 2.63. The molecule has 0 spiro atoms. The highest BCUT2D eigenvalue weighted by atomic mass is 16.5. The monoisotopic (exact) mass is 222 g/mol. The summed E-state index contributed by atoms with van der Waals surface area (Å²) >= 11 is 0. The minimum atomic E-state index is -0.253. The van der Waals surface area contributed by atoms with Crippen LogP contribution in [0, 0.1) is 13.8 Å². The van der Waals surface area contributed by atoms with Crippen LogP contribution < -0.4 is 4.74 Å². The van der Waals surface area contributed by atoms with Gasteiger partial charge < -0.3 is 9.47 Å². The van der Waals surface area contributed by atoms with Gasteiger partial charge in [-0.1, -0.05) is 17.7 Å². The smallest absolute Gasteiger partial charge is 0.309 e. The summed E-state index contributed by atoms with van der Waals surface area (Å²) in [5.41, 5.74) is 2.28. The van der Waals surface area contributed by atoms with Crippen LogP contribution in [0.25, 0.3) is 0 Å². The van der Waals surface area contributed by atoms with Crippen molar-refractivity contribution in [3.63, 3.8) is 0 Å². The van der Waals surface area contributed by atoms with Crippen LogP contribution in [0.4, 0.5) is 0 Å². The third-order valence-electron chi connectivity index (χ3n) is 2.34. The molecule has 1 atom stereocenters. The third kappa shape index (κ3) is 3.57. The molecule has 0 fully saturated rings. The van der Waals surface area contributed by atoms with Gasteiger partial charge in [-0.2, -0.15) is 0 Å². The zero-order valence-electron chi connectivity index (χ0n) is 10.2. The number of carbonyl (C=O) groups is 1. The molecule has 0 aliphatic rings. The van der Waals surface area contributed by atoms with Crippen molar-refractivity contribution in [1.82, 2.24) is 0 Å². The highest BCUT2D eigenvalue weighted by Gasteiger charge is 2.11. The molecule has 1 aromatic rings. The molecule has 0 heterocycles. The van der Waals surface area contributed by atoms with Crippen molar-refractivity contribution in [2.75, 3.05) is 7.11 Å². The number of hydrogen-bond donors (Lipinski definition) is 0. The van der Waals surface area contributed by atoms with Crippen molar-refractivity contribution in [2.45, 2.75) is 33.3 Å². The van der Waals surface area contributed by atoms with Crippen LogP contribution in [-0.4, -0.2) is 19.2 Å². The van der Waals surface area contributed by atoms with Gasteiger partial charge in [0, 0.05) is 0 Å². The Labute approximate surface area is 96.4 Å². The van der Waals surface area contributed by atoms with Crippen LogP contribution in [0.5, 0.6) is 5.75 Å². The molecule has 0 saturated heterocycles. The van der Waals surface area contributed by atoms with Crippen molar-refractivity contribution < 1.29 is 14.3 Å². The summed E-state index contributed by atoms with van der Waals surface area (Å²) in [5, 5.41) is 0. The first-order valence-corrected chi connectivity index (χ1v) is 5.33. The van der Waals surface area contributed by atoms with Crippen LogP contribution in [0.3, 0.4) is 0 Å². The van der Waals surface area contributed by atoms with Gasteiger partial charge in [0.1, 0.15) is 11.9 Å². The summed E-state index contributed by atoms with van der Waals surface area (Å²) in [6.45, 7) is 5.89. The third-order valence-corrected chi connectivity index (χ3v) is 2.34. The van der Waals surface area contributed by atoms with E-state index in [0.717, 1.165) is 11.3 Å². The highest BCUT2D eigenvalue weighted by Crippen LogP contribution is 2.20. The lowest BCUT2D eigenvalue weighted by Crippen LogP contribution is -2.18. The molecule has 1 unspecified atom stereocenters. The summed E-state index contributed by atoms with van der Waals surface area (Å²) in [6.07, 6.45) is 0.0953. The zero-order valence-corrected chi connectivity index (χ0v) is 10.2. The number of carbonyl (C=O) groups excluding carboxylic acids is 1. The lowest BCUT2D eigenvalue weighted by molar-refractivity contribution is -0.142. The number of aryl methyl sites for hydroxylation is 2. The van der Waals surface area contributed by atoms with Gasteiger partial charge in [-0.05, 0) is 32.4 Å². The average Bonchev–Trinajstić information content (AvgIpc) is 2.22. The highest BCUT2D eigenvalue weighted by molar-refractivity contribution is 5.69. The Morgan fingerprint density at radius 2 is 2.06 bits per heavy atom. The zero-order chi connectivity index (χ0) is 12.1. The normalized spacial score (nSPS) is 12.0. The number of rotatable bonds is 4. The Bertz CT molecular complexity index is 371. The van der Waals surface area contributed by atoms with Crippen LogP contribution in [0.2, 0.25) is 0 Å². The fourth-order valence-electron chi connectivity index (χ4n) is 1.51. The van der Waals surface area contributed by atoms with Gasteiger partial charge in [0.05, 0.1) is 13.5 Å². The van der Waals surface area contributed by atoms with Gasteiger partial charge in [-0.25, -0.2) is 0 Å². The van der Waals surface area contributed by atoms with Crippen LogP contribution in [0.1, 0.15) is 24.5 Å². The molecule has 3 nitrogen and oxygen atoms in total. The molecule has 0 aliphatic carbocycles. The molecule has 0 aromatic heterocycles. The first-order valence-electron chi connectivity index (χ1n) is 5.33. The number of esters is 1. The first-order chi connectivity index (χ1) is 7.52. The Morgan fingerprint density at radius 3 is 2.62 bits per heavy atom. The summed E-state index contributed by atoms with van der Waals surface area (Å²) in [4.78, 5) is 11.0. The summed E-state index contributed by atoms with van der Waals surface area (Å²) in [6, 6.07) is 5.98. The van der Waals surface area contributed by atoms with Crippen molar-refractivity contribution in [3.8, 4) is 5.75 Å². The van der Waals surface area contributed by atoms with Gasteiger partial charge in [-0.15, -0.1) is 0 Å². The van der Waals surface area contributed by atoms with Crippen molar-refractivity contribution in [3.05, 3.63) is 29.3 Å². The SMILES string of the molecule is COC(=O)CC(C)Oc1ccc(C)cc1C. The summed E-state index contributed by atoms with van der Waals surface area (Å²) in [5.74, 6) is 0.569. The maximum Gasteiger partial charge on any atom is 0.309 e. The Morgan fingerprint density at radius 1 is 1.38 bits per heavy atom. The second kappa shape index (κ2) is 5.54. The lowest BCUT2D eigenvalue weighted by Gasteiger charge is -2.15. The maximum absolute atomic E-state index is 11.0. The molecule has 88 valence electrons. The summed E-state index contributed by atoms with van der Waals surface area (Å²) < 4.78 is 10.3. The van der Waals surface area contributed by atoms with Gasteiger partial charge in [0.15, 0.2) is 0 Å². The fraction of sp³-hybridized carbons (Fsp3) is 0.462. The van der Waals surface area contributed by atoms with E-state index in [1.807, 2.05) is 32.9 Å². The van der Waals surface area contributed by atoms with Gasteiger partial charge >= 0.3 is 5.97 Å². The molecule has 16 heavy (non-hydrogen) atoms. The quantitative estimate of drug-likeness (QED) is 0.735. The Hall–Kier alpha value is -1.51. The first kappa shape index (κ1) is 12.6. The van der Waals surface area contributed by atoms with Crippen molar-refractivity contribution in [1.29, 1.82) is 0 Å². The molecule has 0 amide bonds. The molecule has 1 rings (SSSR count). The van der Waals surface area contributed by atoms with Crippen LogP contribution in [-0.2, 0) is 9.53 Å². The number of methoxy groups -OCH3 is 1. The summed E-state index contributed by atoms with van der Waals surface area (Å²) in [7, 11) is 1.38. The largest absolute Gasteiger partial charge is 0.490 e. The van der Waals surface area contributed by atoms with E-state index in [-0.39, 0.29) is 18.5 Å². The van der Waals surface area contributed by atoms with E-state index in [9.17, 15) is 4.79 Å². The van der Waals surface area contributed by atoms with Gasteiger partial charge in [0.2, 0.25) is 0 Å². The number of ether oxygens (including phenoxy) is 2. The van der Waals surface area contributed by atoms with Gasteiger partial charge in [0.25, 0.3) is 0 Å². The molecule has 0 N–H and O–H groups in total. The Balaban J connectivity index is 2.62. The molecule has 3 heteroatoms. The predicted molar refractivity (Wildman–Crippen MR) is 62.6 cm³/mol. The van der Waals surface area contributed by atoms with Crippen molar-refractivity contribution in [2.24, 2.45) is 0 Å². The molecule has 0 bridgehead atoms. The van der Waals surface area contributed by atoms with E-state index >= 15 is 0 Å². The molecule has 0 saturated carbocycles. The maximum atomic E-state index is 11.0. The van der Waals surface area contributed by atoms with E-state index < -0.39 is 0 Å². The number of benzene rings is 1. The van der Waals surface area contributed by atoms with E-state index in [4.69, 9.17) is 4.74 Å².